The molecule has 1 saturated heterocycles. The van der Waals surface area contributed by atoms with E-state index in [9.17, 15) is 26.3 Å². The fraction of sp³-hybridized carbons (Fsp3) is 0.375. The topological polar surface area (TPSA) is 3.24 Å². The van der Waals surface area contributed by atoms with Gasteiger partial charge in [-0.15, -0.1) is 0 Å². The Morgan fingerprint density at radius 2 is 1.78 bits per heavy atom. The molecule has 0 aromatic heterocycles. The van der Waals surface area contributed by atoms with Crippen LogP contribution in [0.3, 0.4) is 0 Å². The van der Waals surface area contributed by atoms with Crippen LogP contribution in [0.1, 0.15) is 24.8 Å². The Balaban J connectivity index is 2.44. The number of nitrogens with zero attached hydrogens (tertiary/aromatic N) is 1. The largest absolute Gasteiger partial charge is 0.405 e. The summed E-state index contributed by atoms with van der Waals surface area (Å²) in [5.41, 5.74) is 0.0839. The second-order valence-electron chi connectivity index (χ2n) is 5.64. The summed E-state index contributed by atoms with van der Waals surface area (Å²) in [6.07, 6.45) is -4.42. The van der Waals surface area contributed by atoms with Crippen LogP contribution in [0.25, 0.3) is 0 Å². The summed E-state index contributed by atoms with van der Waals surface area (Å²) < 4.78 is 79.0. The second kappa shape index (κ2) is 5.94. The molecule has 0 amide bonds. The highest BCUT2D eigenvalue weighted by molar-refractivity contribution is 5.36. The van der Waals surface area contributed by atoms with E-state index in [4.69, 9.17) is 0 Å². The number of halogens is 6. The predicted molar refractivity (Wildman–Crippen MR) is 74.2 cm³/mol. The summed E-state index contributed by atoms with van der Waals surface area (Å²) in [5.74, 6) is -4.47. The molecule has 0 aliphatic carbocycles. The molecule has 1 aliphatic rings. The van der Waals surface area contributed by atoms with Gasteiger partial charge in [-0.05, 0) is 30.5 Å². The Kier molecular flexibility index (Phi) is 4.50. The summed E-state index contributed by atoms with van der Waals surface area (Å²) in [6.45, 7) is 7.37. The van der Waals surface area contributed by atoms with Gasteiger partial charge >= 0.3 is 6.18 Å². The van der Waals surface area contributed by atoms with Crippen LogP contribution < -0.4 is 0 Å². The van der Waals surface area contributed by atoms with Crippen molar-refractivity contribution in [2.45, 2.75) is 31.5 Å². The number of hydrogen-bond acceptors (Lipinski definition) is 1. The van der Waals surface area contributed by atoms with Crippen LogP contribution >= 0.6 is 0 Å². The highest BCUT2D eigenvalue weighted by Crippen LogP contribution is 2.41. The van der Waals surface area contributed by atoms with Gasteiger partial charge < -0.3 is 4.90 Å². The first-order valence-corrected chi connectivity index (χ1v) is 6.86. The Bertz CT molecular complexity index is 649. The SMILES string of the molecule is C=C1C[C@@H](c2cc(F)cc(F)c2F)[C@@H](C)N(CC(F)(F)F)C1=C. The third-order valence-corrected chi connectivity index (χ3v) is 4.07. The van der Waals surface area contributed by atoms with Crippen LogP contribution in [0.15, 0.2) is 36.6 Å². The molecule has 1 aromatic rings. The van der Waals surface area contributed by atoms with Gasteiger partial charge in [0.05, 0.1) is 0 Å². The monoisotopic (exact) mass is 335 g/mol. The van der Waals surface area contributed by atoms with Crippen LogP contribution in [-0.2, 0) is 0 Å². The average molecular weight is 335 g/mol. The lowest BCUT2D eigenvalue weighted by Gasteiger charge is -2.43. The van der Waals surface area contributed by atoms with Gasteiger partial charge in [0.15, 0.2) is 11.6 Å². The molecule has 2 rings (SSSR count). The van der Waals surface area contributed by atoms with Crippen LogP contribution in [-0.4, -0.2) is 23.7 Å². The zero-order chi connectivity index (χ0) is 17.5. The molecule has 23 heavy (non-hydrogen) atoms. The normalized spacial score (nSPS) is 22.7. The summed E-state index contributed by atoms with van der Waals surface area (Å²) in [5, 5.41) is 0. The number of allylic oxidation sites excluding steroid dienone is 1. The maximum absolute atomic E-state index is 14.0. The Hall–Kier alpha value is -1.92. The third kappa shape index (κ3) is 3.54. The molecule has 1 aromatic carbocycles. The van der Waals surface area contributed by atoms with Crippen molar-refractivity contribution in [1.82, 2.24) is 4.90 Å². The van der Waals surface area contributed by atoms with Crippen molar-refractivity contribution in [3.05, 3.63) is 59.6 Å². The van der Waals surface area contributed by atoms with Gasteiger partial charge in [-0.1, -0.05) is 13.2 Å². The molecule has 1 heterocycles. The number of alkyl halides is 3. The van der Waals surface area contributed by atoms with Crippen molar-refractivity contribution in [2.24, 2.45) is 0 Å². The molecule has 0 unspecified atom stereocenters. The molecule has 1 fully saturated rings. The zero-order valence-electron chi connectivity index (χ0n) is 12.4. The second-order valence-corrected chi connectivity index (χ2v) is 5.64. The van der Waals surface area contributed by atoms with Crippen molar-refractivity contribution in [1.29, 1.82) is 0 Å². The van der Waals surface area contributed by atoms with Crippen LogP contribution in [0.4, 0.5) is 26.3 Å². The molecule has 7 heteroatoms. The van der Waals surface area contributed by atoms with E-state index in [1.807, 2.05) is 0 Å². The quantitative estimate of drug-likeness (QED) is 0.548. The summed E-state index contributed by atoms with van der Waals surface area (Å²) in [7, 11) is 0. The molecule has 1 nitrogen and oxygen atoms in total. The first-order chi connectivity index (χ1) is 10.5. The lowest BCUT2D eigenvalue weighted by molar-refractivity contribution is -0.147. The van der Waals surface area contributed by atoms with Crippen LogP contribution in [0.2, 0.25) is 0 Å². The van der Waals surface area contributed by atoms with Gasteiger partial charge in [0.25, 0.3) is 0 Å². The maximum Gasteiger partial charge on any atom is 0.405 e. The number of benzene rings is 1. The zero-order valence-corrected chi connectivity index (χ0v) is 12.4. The van der Waals surface area contributed by atoms with Gasteiger partial charge in [0.2, 0.25) is 0 Å². The predicted octanol–water partition coefficient (Wildman–Crippen LogP) is 4.91. The lowest BCUT2D eigenvalue weighted by Crippen LogP contribution is -2.46. The van der Waals surface area contributed by atoms with Gasteiger partial charge in [0, 0.05) is 23.7 Å². The first-order valence-electron chi connectivity index (χ1n) is 6.86. The molecule has 0 bridgehead atoms. The smallest absolute Gasteiger partial charge is 0.359 e. The molecule has 0 radical (unpaired) electrons. The molecule has 0 N–H and O–H groups in total. The van der Waals surface area contributed by atoms with Crippen molar-refractivity contribution in [2.75, 3.05) is 6.54 Å². The summed E-state index contributed by atoms with van der Waals surface area (Å²) >= 11 is 0. The van der Waals surface area contributed by atoms with Gasteiger partial charge in [-0.2, -0.15) is 13.2 Å². The van der Waals surface area contributed by atoms with Gasteiger partial charge in [0.1, 0.15) is 12.4 Å². The molecular formula is C16H15F6N. The lowest BCUT2D eigenvalue weighted by atomic mass is 9.81. The first kappa shape index (κ1) is 17.4. The van der Waals surface area contributed by atoms with E-state index in [1.54, 1.807) is 0 Å². The van der Waals surface area contributed by atoms with Crippen molar-refractivity contribution in [3.8, 4) is 0 Å². The Morgan fingerprint density at radius 3 is 2.35 bits per heavy atom. The maximum atomic E-state index is 14.0. The molecular weight excluding hydrogens is 320 g/mol. The van der Waals surface area contributed by atoms with Crippen LogP contribution in [0.5, 0.6) is 0 Å². The Morgan fingerprint density at radius 1 is 1.17 bits per heavy atom. The minimum atomic E-state index is -4.49. The highest BCUT2D eigenvalue weighted by Gasteiger charge is 2.40. The Labute approximate surface area is 129 Å². The average Bonchev–Trinajstić information content (AvgIpc) is 2.42. The number of likely N-dealkylation sites (tertiary alicyclic amines) is 1. The minimum absolute atomic E-state index is 0.0776. The van der Waals surface area contributed by atoms with E-state index in [0.717, 1.165) is 11.0 Å². The summed E-state index contributed by atoms with van der Waals surface area (Å²) in [4.78, 5) is 0.943. The molecule has 0 spiro atoms. The van der Waals surface area contributed by atoms with E-state index in [1.165, 1.54) is 6.92 Å². The minimum Gasteiger partial charge on any atom is -0.359 e. The van der Waals surface area contributed by atoms with Crippen LogP contribution in [0, 0.1) is 17.5 Å². The third-order valence-electron chi connectivity index (χ3n) is 4.07. The summed E-state index contributed by atoms with van der Waals surface area (Å²) in [6, 6.07) is 0.366. The number of hydrogen-bond donors (Lipinski definition) is 0. The van der Waals surface area contributed by atoms with Gasteiger partial charge in [-0.25, -0.2) is 13.2 Å². The standard InChI is InChI=1S/C16H15F6N/c1-8-4-12(13-5-11(17)6-14(18)15(13)19)10(3)23(9(8)2)7-16(20,21)22/h5-6,10,12H,1-2,4,7H2,3H3/t10-,12-/m1/s1. The molecule has 1 aliphatic heterocycles. The highest BCUT2D eigenvalue weighted by atomic mass is 19.4. The fourth-order valence-electron chi connectivity index (χ4n) is 2.87. The fourth-order valence-corrected chi connectivity index (χ4v) is 2.87. The van der Waals surface area contributed by atoms with Crippen molar-refractivity contribution < 1.29 is 26.3 Å². The van der Waals surface area contributed by atoms with E-state index >= 15 is 0 Å². The van der Waals surface area contributed by atoms with Gasteiger partial charge in [-0.3, -0.25) is 0 Å². The molecule has 2 atom stereocenters. The van der Waals surface area contributed by atoms with Crippen molar-refractivity contribution >= 4 is 0 Å². The van der Waals surface area contributed by atoms with Crippen molar-refractivity contribution in [3.63, 3.8) is 0 Å². The van der Waals surface area contributed by atoms with E-state index in [-0.39, 0.29) is 23.3 Å². The molecule has 0 saturated carbocycles. The van der Waals surface area contributed by atoms with E-state index in [2.05, 4.69) is 13.2 Å². The van der Waals surface area contributed by atoms with E-state index in [0.29, 0.717) is 6.07 Å². The molecule has 126 valence electrons. The van der Waals surface area contributed by atoms with E-state index < -0.39 is 42.1 Å². The number of rotatable bonds is 2. The number of piperidine rings is 1.